The predicted octanol–water partition coefficient (Wildman–Crippen LogP) is 5.32. The van der Waals surface area contributed by atoms with Crippen molar-refractivity contribution >= 4 is 34.1 Å². The number of nitrogens with one attached hydrogen (secondary N) is 2. The van der Waals surface area contributed by atoms with Gasteiger partial charge in [-0.3, -0.25) is 4.79 Å². The van der Waals surface area contributed by atoms with Gasteiger partial charge in [0.2, 0.25) is 5.91 Å². The molecular weight excluding hydrogens is 388 g/mol. The molecule has 0 saturated heterocycles. The third-order valence-electron chi connectivity index (χ3n) is 4.11. The number of carbonyl (C=O) groups is 1. The van der Waals surface area contributed by atoms with E-state index in [1.165, 1.54) is 23.1 Å². The minimum atomic E-state index is -0.317. The number of nitrogens with zero attached hydrogens (tertiary/aromatic N) is 2. The zero-order valence-corrected chi connectivity index (χ0v) is 16.8. The highest BCUT2D eigenvalue weighted by Gasteiger charge is 2.20. The summed E-state index contributed by atoms with van der Waals surface area (Å²) in [6, 6.07) is 20.1. The number of hydrogen-bond donors (Lipinski definition) is 2. The summed E-state index contributed by atoms with van der Waals surface area (Å²) in [5.41, 5.74) is 3.91. The number of imidazole rings is 1. The van der Waals surface area contributed by atoms with Gasteiger partial charge in [0.05, 0.1) is 16.6 Å². The lowest BCUT2D eigenvalue weighted by molar-refractivity contribution is -0.115. The van der Waals surface area contributed by atoms with E-state index in [0.717, 1.165) is 22.5 Å². The van der Waals surface area contributed by atoms with Crippen LogP contribution in [-0.4, -0.2) is 26.1 Å². The van der Waals surface area contributed by atoms with Crippen molar-refractivity contribution in [3.63, 3.8) is 0 Å². The molecule has 5 nitrogen and oxygen atoms in total. The molecule has 0 aliphatic heterocycles. The quantitative estimate of drug-likeness (QED) is 0.425. The second-order valence-corrected chi connectivity index (χ2v) is 8.31. The number of thiazole rings is 1. The Bertz CT molecular complexity index is 990. The van der Waals surface area contributed by atoms with Gasteiger partial charge in [-0.25, -0.2) is 9.97 Å². The Morgan fingerprint density at radius 1 is 1.07 bits per heavy atom. The van der Waals surface area contributed by atoms with E-state index in [2.05, 4.69) is 15.3 Å². The lowest BCUT2D eigenvalue weighted by atomic mass is 10.1. The van der Waals surface area contributed by atoms with Crippen molar-refractivity contribution in [3.05, 3.63) is 72.2 Å². The summed E-state index contributed by atoms with van der Waals surface area (Å²) in [7, 11) is 0. The lowest BCUT2D eigenvalue weighted by Crippen LogP contribution is -2.22. The van der Waals surface area contributed by atoms with E-state index < -0.39 is 0 Å². The maximum Gasteiger partial charge on any atom is 0.239 e. The molecule has 2 aromatic carbocycles. The van der Waals surface area contributed by atoms with Gasteiger partial charge in [0.1, 0.15) is 0 Å². The molecule has 0 aliphatic rings. The van der Waals surface area contributed by atoms with Crippen molar-refractivity contribution in [1.82, 2.24) is 15.0 Å². The molecule has 2 heterocycles. The van der Waals surface area contributed by atoms with Gasteiger partial charge in [-0.1, -0.05) is 72.4 Å². The predicted molar refractivity (Wildman–Crippen MR) is 116 cm³/mol. The molecule has 1 amide bonds. The van der Waals surface area contributed by atoms with Crippen molar-refractivity contribution in [2.24, 2.45) is 0 Å². The number of hydrogen-bond acceptors (Lipinski definition) is 5. The number of rotatable bonds is 6. The Morgan fingerprint density at radius 3 is 2.39 bits per heavy atom. The van der Waals surface area contributed by atoms with E-state index in [4.69, 9.17) is 4.98 Å². The summed E-state index contributed by atoms with van der Waals surface area (Å²) in [4.78, 5) is 24.7. The van der Waals surface area contributed by atoms with Gasteiger partial charge in [-0.05, 0) is 6.92 Å². The molecule has 140 valence electrons. The minimum Gasteiger partial charge on any atom is -0.332 e. The number of benzene rings is 2. The Kier molecular flexibility index (Phi) is 5.55. The largest absolute Gasteiger partial charge is 0.332 e. The summed E-state index contributed by atoms with van der Waals surface area (Å²) in [6.07, 6.45) is 1.67. The molecule has 0 radical (unpaired) electrons. The highest BCUT2D eigenvalue weighted by molar-refractivity contribution is 8.00. The number of aromatic nitrogens is 3. The first-order valence-electron chi connectivity index (χ1n) is 8.78. The average molecular weight is 407 g/mol. The molecule has 0 unspecified atom stereocenters. The molecule has 2 aromatic heterocycles. The molecule has 0 spiro atoms. The van der Waals surface area contributed by atoms with E-state index >= 15 is 0 Å². The molecule has 7 heteroatoms. The fraction of sp³-hybridized carbons (Fsp3) is 0.0952. The van der Waals surface area contributed by atoms with Crippen LogP contribution in [0.3, 0.4) is 0 Å². The summed E-state index contributed by atoms with van der Waals surface area (Å²) in [5, 5.41) is 5.66. The number of aromatic amines is 1. The first-order valence-corrected chi connectivity index (χ1v) is 10.5. The Hall–Kier alpha value is -2.90. The van der Waals surface area contributed by atoms with Gasteiger partial charge in [0, 0.05) is 22.7 Å². The maximum atomic E-state index is 12.4. The van der Waals surface area contributed by atoms with Crippen LogP contribution in [0.5, 0.6) is 0 Å². The molecule has 28 heavy (non-hydrogen) atoms. The van der Waals surface area contributed by atoms with Gasteiger partial charge in [-0.15, -0.1) is 11.3 Å². The van der Waals surface area contributed by atoms with Crippen molar-refractivity contribution < 1.29 is 4.79 Å². The molecule has 4 aromatic rings. The van der Waals surface area contributed by atoms with Crippen LogP contribution in [0, 0.1) is 0 Å². The van der Waals surface area contributed by atoms with E-state index in [-0.39, 0.29) is 11.2 Å². The maximum absolute atomic E-state index is 12.4. The topological polar surface area (TPSA) is 70.7 Å². The standard InChI is InChI=1S/C21H18N4OS2/c1-14(19(26)25-20-22-12-13-27-20)28-21-23-17(15-8-4-2-5-9-15)18(24-21)16-10-6-3-7-11-16/h2-14H,1H3,(H,23,24)(H,22,25,26)/t14-/m1/s1. The molecule has 2 N–H and O–H groups in total. The Balaban J connectivity index is 1.61. The average Bonchev–Trinajstić information content (AvgIpc) is 3.39. The molecule has 0 fully saturated rings. The van der Waals surface area contributed by atoms with Gasteiger partial charge < -0.3 is 10.3 Å². The van der Waals surface area contributed by atoms with Crippen molar-refractivity contribution in [2.45, 2.75) is 17.3 Å². The molecule has 0 bridgehead atoms. The normalized spacial score (nSPS) is 11.9. The first-order chi connectivity index (χ1) is 13.7. The van der Waals surface area contributed by atoms with Crippen molar-refractivity contribution in [2.75, 3.05) is 5.32 Å². The molecular formula is C21H18N4OS2. The lowest BCUT2D eigenvalue weighted by Gasteiger charge is -2.08. The van der Waals surface area contributed by atoms with Crippen LogP contribution in [0.4, 0.5) is 5.13 Å². The third-order valence-corrected chi connectivity index (χ3v) is 5.78. The van der Waals surface area contributed by atoms with Crippen LogP contribution in [0.25, 0.3) is 22.5 Å². The monoisotopic (exact) mass is 406 g/mol. The Labute approximate surface area is 171 Å². The highest BCUT2D eigenvalue weighted by atomic mass is 32.2. The zero-order valence-electron chi connectivity index (χ0n) is 15.1. The number of H-pyrrole nitrogens is 1. The molecule has 4 rings (SSSR count). The zero-order chi connectivity index (χ0) is 19.3. The number of amides is 1. The van der Waals surface area contributed by atoms with Crippen LogP contribution in [0.1, 0.15) is 6.92 Å². The number of anilines is 1. The van der Waals surface area contributed by atoms with Gasteiger partial charge >= 0.3 is 0 Å². The van der Waals surface area contributed by atoms with Gasteiger partial charge in [0.15, 0.2) is 10.3 Å². The highest BCUT2D eigenvalue weighted by Crippen LogP contribution is 2.33. The summed E-state index contributed by atoms with van der Waals surface area (Å²) < 4.78 is 0. The summed E-state index contributed by atoms with van der Waals surface area (Å²) >= 11 is 2.80. The van der Waals surface area contributed by atoms with Gasteiger partial charge in [0.25, 0.3) is 0 Å². The van der Waals surface area contributed by atoms with E-state index in [9.17, 15) is 4.79 Å². The van der Waals surface area contributed by atoms with E-state index in [1.54, 1.807) is 6.20 Å². The van der Waals surface area contributed by atoms with Crippen LogP contribution >= 0.6 is 23.1 Å². The fourth-order valence-electron chi connectivity index (χ4n) is 2.74. The molecule has 0 aliphatic carbocycles. The smallest absolute Gasteiger partial charge is 0.239 e. The minimum absolute atomic E-state index is 0.0983. The van der Waals surface area contributed by atoms with E-state index in [0.29, 0.717) is 10.3 Å². The summed E-state index contributed by atoms with van der Waals surface area (Å²) in [5.74, 6) is -0.0983. The number of carbonyl (C=O) groups excluding carboxylic acids is 1. The number of thioether (sulfide) groups is 1. The van der Waals surface area contributed by atoms with Crippen LogP contribution in [0.15, 0.2) is 77.4 Å². The SMILES string of the molecule is C[C@@H](Sc1nc(-c2ccccc2)c(-c2ccccc2)[nH]1)C(=O)Nc1nccs1. The first kappa shape index (κ1) is 18.5. The van der Waals surface area contributed by atoms with Crippen LogP contribution in [0.2, 0.25) is 0 Å². The van der Waals surface area contributed by atoms with Crippen LogP contribution in [-0.2, 0) is 4.79 Å². The van der Waals surface area contributed by atoms with Crippen molar-refractivity contribution in [3.8, 4) is 22.5 Å². The second kappa shape index (κ2) is 8.41. The summed E-state index contributed by atoms with van der Waals surface area (Å²) in [6.45, 7) is 1.86. The molecule has 0 saturated carbocycles. The fourth-order valence-corrected chi connectivity index (χ4v) is 4.08. The Morgan fingerprint density at radius 2 is 1.75 bits per heavy atom. The van der Waals surface area contributed by atoms with E-state index in [1.807, 2.05) is 73.0 Å². The van der Waals surface area contributed by atoms with Crippen molar-refractivity contribution in [1.29, 1.82) is 0 Å². The third kappa shape index (κ3) is 4.16. The molecule has 1 atom stereocenters. The van der Waals surface area contributed by atoms with Gasteiger partial charge in [-0.2, -0.15) is 0 Å². The second-order valence-electron chi connectivity index (χ2n) is 6.08. The van der Waals surface area contributed by atoms with Crippen LogP contribution < -0.4 is 5.32 Å².